The van der Waals surface area contributed by atoms with Crippen molar-refractivity contribution in [2.24, 2.45) is 11.3 Å². The molecule has 0 aliphatic carbocycles. The summed E-state index contributed by atoms with van der Waals surface area (Å²) in [4.78, 5) is 2.37. The third-order valence-electron chi connectivity index (χ3n) is 2.90. The van der Waals surface area contributed by atoms with E-state index in [1.165, 1.54) is 32.4 Å². The van der Waals surface area contributed by atoms with E-state index < -0.39 is 0 Å². The number of hydrazine groups is 1. The van der Waals surface area contributed by atoms with E-state index >= 15 is 0 Å². The lowest BCUT2D eigenvalue weighted by Crippen LogP contribution is -2.62. The van der Waals surface area contributed by atoms with Gasteiger partial charge in [0, 0.05) is 31.6 Å². The molecule has 0 atom stereocenters. The Labute approximate surface area is 88.2 Å². The van der Waals surface area contributed by atoms with Crippen LogP contribution in [0, 0.1) is 5.41 Å². The zero-order valence-corrected chi connectivity index (χ0v) is 9.92. The van der Waals surface area contributed by atoms with Gasteiger partial charge in [0.15, 0.2) is 0 Å². The maximum Gasteiger partial charge on any atom is 0.0209 e. The number of rotatable bonds is 0. The maximum absolute atomic E-state index is 5.78. The molecule has 3 heteroatoms. The smallest absolute Gasteiger partial charge is 0.0209 e. The van der Waals surface area contributed by atoms with Gasteiger partial charge in [0.05, 0.1) is 0 Å². The molecule has 0 amide bonds. The number of nitrogens with two attached hydrogens (primary N) is 1. The predicted octanol–water partition coefficient (Wildman–Crippen LogP) is 1.30. The van der Waals surface area contributed by atoms with Crippen molar-refractivity contribution in [1.29, 1.82) is 0 Å². The van der Waals surface area contributed by atoms with Crippen LogP contribution < -0.4 is 5.84 Å². The summed E-state index contributed by atoms with van der Waals surface area (Å²) in [5.41, 5.74) is 0.571. The van der Waals surface area contributed by atoms with E-state index in [2.05, 4.69) is 25.8 Å². The number of piperidine rings is 1. The minimum Gasteiger partial charge on any atom is -0.305 e. The van der Waals surface area contributed by atoms with Gasteiger partial charge < -0.3 is 4.90 Å². The van der Waals surface area contributed by atoms with Crippen LogP contribution in [0.25, 0.3) is 0 Å². The Bertz CT molecular complexity index is 158. The van der Waals surface area contributed by atoms with Gasteiger partial charge in [-0.25, -0.2) is 5.01 Å². The predicted molar refractivity (Wildman–Crippen MR) is 60.9 cm³/mol. The maximum atomic E-state index is 5.78. The number of hydrogen-bond donors (Lipinski definition) is 1. The van der Waals surface area contributed by atoms with Gasteiger partial charge >= 0.3 is 0 Å². The molecule has 0 radical (unpaired) electrons. The van der Waals surface area contributed by atoms with Gasteiger partial charge in [-0.15, -0.1) is 0 Å². The summed E-state index contributed by atoms with van der Waals surface area (Å²) in [6.45, 7) is 8.95. The average molecular weight is 199 g/mol. The summed E-state index contributed by atoms with van der Waals surface area (Å²) in [6.07, 6.45) is 3.91. The van der Waals surface area contributed by atoms with Crippen LogP contribution >= 0.6 is 0 Å². The van der Waals surface area contributed by atoms with Crippen LogP contribution in [0.2, 0.25) is 0 Å². The van der Waals surface area contributed by atoms with Crippen molar-refractivity contribution in [2.45, 2.75) is 33.1 Å². The van der Waals surface area contributed by atoms with E-state index in [4.69, 9.17) is 5.84 Å². The fraction of sp³-hybridized carbons (Fsp3) is 1.00. The van der Waals surface area contributed by atoms with Crippen molar-refractivity contribution < 1.29 is 0 Å². The molecule has 0 unspecified atom stereocenters. The van der Waals surface area contributed by atoms with Gasteiger partial charge in [0.2, 0.25) is 0 Å². The van der Waals surface area contributed by atoms with Crippen LogP contribution in [0.1, 0.15) is 33.1 Å². The van der Waals surface area contributed by atoms with Crippen LogP contribution in [-0.2, 0) is 0 Å². The first kappa shape index (κ1) is 12.0. The van der Waals surface area contributed by atoms with Crippen molar-refractivity contribution in [3.8, 4) is 0 Å². The van der Waals surface area contributed by atoms with Crippen molar-refractivity contribution in [2.75, 3.05) is 33.2 Å². The Balaban J connectivity index is 0.000000293. The normalized spacial score (nSPS) is 26.6. The fourth-order valence-corrected chi connectivity index (χ4v) is 2.60. The molecule has 0 aromatic rings. The van der Waals surface area contributed by atoms with E-state index in [1.54, 1.807) is 0 Å². The monoisotopic (exact) mass is 199 g/mol. The Morgan fingerprint density at radius 2 is 1.79 bits per heavy atom. The largest absolute Gasteiger partial charge is 0.305 e. The molecule has 2 heterocycles. The second-order valence-corrected chi connectivity index (χ2v) is 4.95. The molecule has 2 fully saturated rings. The topological polar surface area (TPSA) is 32.5 Å². The van der Waals surface area contributed by atoms with Crippen molar-refractivity contribution in [3.05, 3.63) is 0 Å². The zero-order chi connectivity index (χ0) is 10.6. The number of nitrogens with zero attached hydrogens (tertiary/aromatic N) is 2. The van der Waals surface area contributed by atoms with Crippen LogP contribution in [0.4, 0.5) is 0 Å². The Morgan fingerprint density at radius 1 is 1.21 bits per heavy atom. The summed E-state index contributed by atoms with van der Waals surface area (Å²) in [7, 11) is 2.18. The minimum absolute atomic E-state index is 0.571. The molecule has 2 saturated heterocycles. The van der Waals surface area contributed by atoms with Crippen LogP contribution in [0.15, 0.2) is 0 Å². The lowest BCUT2D eigenvalue weighted by Gasteiger charge is -2.52. The summed E-state index contributed by atoms with van der Waals surface area (Å²) in [5.74, 6) is 5.78. The molecule has 14 heavy (non-hydrogen) atoms. The first-order chi connectivity index (χ1) is 6.62. The Morgan fingerprint density at radius 3 is 2.21 bits per heavy atom. The molecule has 2 rings (SSSR count). The molecule has 84 valence electrons. The number of likely N-dealkylation sites (tertiary alicyclic amines) is 1. The van der Waals surface area contributed by atoms with Gasteiger partial charge in [0.25, 0.3) is 0 Å². The van der Waals surface area contributed by atoms with Gasteiger partial charge in [-0.3, -0.25) is 5.84 Å². The van der Waals surface area contributed by atoms with E-state index in [-0.39, 0.29) is 0 Å². The molecule has 2 aliphatic heterocycles. The quantitative estimate of drug-likeness (QED) is 0.597. The molecule has 0 aromatic carbocycles. The van der Waals surface area contributed by atoms with Crippen molar-refractivity contribution >= 4 is 0 Å². The average Bonchev–Trinajstić information content (AvgIpc) is 2.03. The SMILES string of the molecule is CCC.CN1CC2(CCCN(N)C2)C1. The highest BCUT2D eigenvalue weighted by Gasteiger charge is 2.43. The summed E-state index contributed by atoms with van der Waals surface area (Å²) in [6, 6.07) is 0. The highest BCUT2D eigenvalue weighted by molar-refractivity contribution is 4.96. The lowest BCUT2D eigenvalue weighted by molar-refractivity contribution is -0.0404. The minimum atomic E-state index is 0.571. The first-order valence-corrected chi connectivity index (χ1v) is 5.80. The first-order valence-electron chi connectivity index (χ1n) is 5.80. The summed E-state index contributed by atoms with van der Waals surface area (Å²) in [5, 5.41) is 1.98. The number of hydrogen-bond acceptors (Lipinski definition) is 3. The standard InChI is InChI=1S/C8H17N3.C3H8/c1-10-5-8(6-10)3-2-4-11(9)7-8;1-3-2/h2-7,9H2,1H3;3H2,1-2H3. The molecule has 0 aromatic heterocycles. The Hall–Kier alpha value is -0.120. The second kappa shape index (κ2) is 5.10. The molecular formula is C11H25N3. The molecule has 1 spiro atoms. The van der Waals surface area contributed by atoms with E-state index in [0.717, 1.165) is 13.1 Å². The van der Waals surface area contributed by atoms with Crippen LogP contribution in [-0.4, -0.2) is 43.1 Å². The highest BCUT2D eigenvalue weighted by atomic mass is 15.4. The van der Waals surface area contributed by atoms with Crippen LogP contribution in [0.5, 0.6) is 0 Å². The second-order valence-electron chi connectivity index (χ2n) is 4.95. The zero-order valence-electron chi connectivity index (χ0n) is 9.92. The van der Waals surface area contributed by atoms with Crippen molar-refractivity contribution in [1.82, 2.24) is 9.91 Å². The van der Waals surface area contributed by atoms with Crippen LogP contribution in [0.3, 0.4) is 0 Å². The summed E-state index contributed by atoms with van der Waals surface area (Å²) < 4.78 is 0. The third-order valence-corrected chi connectivity index (χ3v) is 2.90. The molecule has 3 nitrogen and oxygen atoms in total. The molecule has 0 saturated carbocycles. The van der Waals surface area contributed by atoms with Gasteiger partial charge in [0.1, 0.15) is 0 Å². The van der Waals surface area contributed by atoms with E-state index in [0.29, 0.717) is 5.41 Å². The highest BCUT2D eigenvalue weighted by Crippen LogP contribution is 2.36. The van der Waals surface area contributed by atoms with Gasteiger partial charge in [-0.1, -0.05) is 20.3 Å². The molecular weight excluding hydrogens is 174 g/mol. The fourth-order valence-electron chi connectivity index (χ4n) is 2.60. The third kappa shape index (κ3) is 2.94. The van der Waals surface area contributed by atoms with Crippen molar-refractivity contribution in [3.63, 3.8) is 0 Å². The molecule has 2 aliphatic rings. The Kier molecular flexibility index (Phi) is 4.35. The van der Waals surface area contributed by atoms with E-state index in [1.807, 2.05) is 5.01 Å². The lowest BCUT2D eigenvalue weighted by atomic mass is 9.74. The van der Waals surface area contributed by atoms with E-state index in [9.17, 15) is 0 Å². The summed E-state index contributed by atoms with van der Waals surface area (Å²) >= 11 is 0. The van der Waals surface area contributed by atoms with Gasteiger partial charge in [-0.05, 0) is 19.9 Å². The molecule has 0 bridgehead atoms. The van der Waals surface area contributed by atoms with Gasteiger partial charge in [-0.2, -0.15) is 0 Å². The molecule has 2 N–H and O–H groups in total.